The van der Waals surface area contributed by atoms with Gasteiger partial charge in [0.05, 0.1) is 28.1 Å². The normalized spacial score (nSPS) is 21.7. The molecule has 0 spiro atoms. The number of β-lactam (4-membered cyclic amide) rings is 1. The number of benzene rings is 1. The van der Waals surface area contributed by atoms with Crippen molar-refractivity contribution in [2.75, 3.05) is 19.8 Å². The second-order valence-corrected chi connectivity index (χ2v) is 9.41. The molecule has 2 aliphatic heterocycles. The van der Waals surface area contributed by atoms with Crippen LogP contribution in [0.1, 0.15) is 19.4 Å². The molecule has 1 aromatic carbocycles. The van der Waals surface area contributed by atoms with Gasteiger partial charge in [0.1, 0.15) is 31.3 Å². The molecule has 1 saturated heterocycles. The maximum Gasteiger partial charge on any atom is 0.355 e. The zero-order chi connectivity index (χ0) is 25.7. The molecular weight excluding hydrogens is 569 g/mol. The summed E-state index contributed by atoms with van der Waals surface area (Å²) in [5, 5.41) is 9.44. The molecule has 188 valence electrons. The van der Waals surface area contributed by atoms with Crippen LogP contribution < -0.4 is 4.74 Å². The average molecular weight is 597 g/mol. The van der Waals surface area contributed by atoms with E-state index in [0.717, 1.165) is 3.57 Å². The Balaban J connectivity index is 1.85. The van der Waals surface area contributed by atoms with Crippen LogP contribution in [0, 0.1) is 21.3 Å². The van der Waals surface area contributed by atoms with Gasteiger partial charge in [0.15, 0.2) is 0 Å². The van der Waals surface area contributed by atoms with E-state index in [0.29, 0.717) is 16.9 Å². The van der Waals surface area contributed by atoms with Crippen LogP contribution in [0.3, 0.4) is 0 Å². The summed E-state index contributed by atoms with van der Waals surface area (Å²) in [6.07, 6.45) is 2.87. The van der Waals surface area contributed by atoms with E-state index in [2.05, 4.69) is 35.7 Å². The van der Waals surface area contributed by atoms with Crippen molar-refractivity contribution >= 4 is 40.4 Å². The van der Waals surface area contributed by atoms with E-state index in [4.69, 9.17) is 19.2 Å². The minimum atomic E-state index is -0.788. The smallest absolute Gasteiger partial charge is 0.355 e. The lowest BCUT2D eigenvalue weighted by Gasteiger charge is -2.47. The van der Waals surface area contributed by atoms with Crippen molar-refractivity contribution in [2.24, 2.45) is 17.8 Å². The maximum atomic E-state index is 13.1. The van der Waals surface area contributed by atoms with E-state index in [1.165, 1.54) is 17.1 Å². The summed E-state index contributed by atoms with van der Waals surface area (Å²) in [4.78, 5) is 49.4. The van der Waals surface area contributed by atoms with Crippen LogP contribution in [-0.4, -0.2) is 53.7 Å². The number of aliphatic hydroxyl groups is 1. The van der Waals surface area contributed by atoms with Crippen molar-refractivity contribution < 1.29 is 38.7 Å². The Morgan fingerprint density at radius 1 is 1.26 bits per heavy atom. The number of carbonyl (C=O) groups is 3. The third-order valence-corrected chi connectivity index (χ3v) is 7.01. The summed E-state index contributed by atoms with van der Waals surface area (Å²) in [7, 11) is 0. The number of halogens is 1. The van der Waals surface area contributed by atoms with Crippen LogP contribution in [0.5, 0.6) is 5.75 Å². The molecule has 1 N–H and O–H groups in total. The van der Waals surface area contributed by atoms with Gasteiger partial charge in [-0.25, -0.2) is 9.59 Å². The van der Waals surface area contributed by atoms with E-state index >= 15 is 0 Å². The number of aliphatic hydroxyl groups excluding tert-OH is 1. The first-order valence-electron chi connectivity index (χ1n) is 11.1. The molecule has 3 unspecified atom stereocenters. The lowest BCUT2D eigenvalue weighted by Crippen LogP contribution is -2.63. The molecule has 0 bridgehead atoms. The summed E-state index contributed by atoms with van der Waals surface area (Å²) in [5.74, 6) is -2.92. The number of nitrogens with zero attached hydrogens (tertiary/aromatic N) is 1. The third kappa shape index (κ3) is 5.44. The molecule has 0 radical (unpaired) electrons. The van der Waals surface area contributed by atoms with Crippen molar-refractivity contribution in [1.29, 1.82) is 0 Å². The number of carbonyl (C=O) groups excluding carboxylic acids is 3. The van der Waals surface area contributed by atoms with E-state index in [-0.39, 0.29) is 43.9 Å². The Morgan fingerprint density at radius 2 is 1.97 bits per heavy atom. The molecule has 0 saturated carbocycles. The Bertz CT molecular complexity index is 1050. The molecular formula is C25H28INO8. The predicted molar refractivity (Wildman–Crippen MR) is 133 cm³/mol. The zero-order valence-electron chi connectivity index (χ0n) is 19.6. The van der Waals surface area contributed by atoms with Crippen LogP contribution in [0.15, 0.2) is 54.8 Å². The highest BCUT2D eigenvalue weighted by Crippen LogP contribution is 2.49. The van der Waals surface area contributed by atoms with Crippen LogP contribution in [0.25, 0.3) is 0 Å². The molecule has 0 aliphatic carbocycles. The second kappa shape index (κ2) is 11.8. The van der Waals surface area contributed by atoms with Crippen LogP contribution in [-0.2, 0) is 35.5 Å². The van der Waals surface area contributed by atoms with Gasteiger partial charge in [-0.1, -0.05) is 38.6 Å². The molecule has 10 heteroatoms. The van der Waals surface area contributed by atoms with E-state index in [1.807, 2.05) is 13.0 Å². The highest BCUT2D eigenvalue weighted by Gasteiger charge is 2.61. The van der Waals surface area contributed by atoms with Gasteiger partial charge >= 0.3 is 11.9 Å². The summed E-state index contributed by atoms with van der Waals surface area (Å²) >= 11 is 2.12. The quantitative estimate of drug-likeness (QED) is 0.0745. The lowest BCUT2D eigenvalue weighted by atomic mass is 9.74. The van der Waals surface area contributed by atoms with Gasteiger partial charge < -0.3 is 19.5 Å². The molecule has 2 aliphatic rings. The minimum absolute atomic E-state index is 0.0131. The van der Waals surface area contributed by atoms with E-state index in [1.54, 1.807) is 19.1 Å². The largest absolute Gasteiger partial charge is 0.488 e. The number of ether oxygens (including phenoxy) is 2. The number of esters is 1. The number of rotatable bonds is 12. The summed E-state index contributed by atoms with van der Waals surface area (Å²) in [5.41, 5.74) is 1.40. The standard InChI is InChI=1S/C25H28INO8/c1-5-9-32-25(31)22-17(13-33-19-11-16(12-28)7-8-18(19)26)14(3)21-20(23(29)27(21)22)15(4)24(30)35-34-10-6-2/h5-8,11,14-15,20-21,28H,1-2,9-10,12-13H2,3-4H3/t14-,15?,20?,21?/m0/s1. The fourth-order valence-corrected chi connectivity index (χ4v) is 4.81. The van der Waals surface area contributed by atoms with Gasteiger partial charge in [0.2, 0.25) is 5.91 Å². The molecule has 4 atom stereocenters. The van der Waals surface area contributed by atoms with Gasteiger partial charge in [0.25, 0.3) is 0 Å². The highest BCUT2D eigenvalue weighted by molar-refractivity contribution is 14.1. The Morgan fingerprint density at radius 3 is 2.63 bits per heavy atom. The van der Waals surface area contributed by atoms with Gasteiger partial charge in [-0.3, -0.25) is 9.68 Å². The van der Waals surface area contributed by atoms with E-state index in [9.17, 15) is 19.5 Å². The molecule has 3 rings (SSSR count). The average Bonchev–Trinajstić information content (AvgIpc) is 3.10. The fraction of sp³-hybridized carbons (Fsp3) is 0.400. The Kier molecular flexibility index (Phi) is 9.09. The van der Waals surface area contributed by atoms with Crippen molar-refractivity contribution in [2.45, 2.75) is 26.5 Å². The van der Waals surface area contributed by atoms with E-state index < -0.39 is 29.8 Å². The van der Waals surface area contributed by atoms with Crippen molar-refractivity contribution in [3.63, 3.8) is 0 Å². The molecule has 1 amide bonds. The first-order chi connectivity index (χ1) is 16.8. The molecule has 1 fully saturated rings. The van der Waals surface area contributed by atoms with Gasteiger partial charge in [-0.2, -0.15) is 4.89 Å². The lowest BCUT2D eigenvalue weighted by molar-refractivity contribution is -0.271. The van der Waals surface area contributed by atoms with Crippen molar-refractivity contribution in [1.82, 2.24) is 4.90 Å². The van der Waals surface area contributed by atoms with Crippen LogP contribution >= 0.6 is 22.6 Å². The van der Waals surface area contributed by atoms with Crippen LogP contribution in [0.2, 0.25) is 0 Å². The molecule has 2 heterocycles. The van der Waals surface area contributed by atoms with Gasteiger partial charge in [-0.15, -0.1) is 6.58 Å². The van der Waals surface area contributed by atoms with Crippen LogP contribution in [0.4, 0.5) is 0 Å². The molecule has 1 aromatic rings. The molecule has 0 aromatic heterocycles. The topological polar surface area (TPSA) is 112 Å². The number of fused-ring (bicyclic) bond motifs is 1. The molecule has 9 nitrogen and oxygen atoms in total. The first-order valence-corrected chi connectivity index (χ1v) is 12.1. The first kappa shape index (κ1) is 26.9. The minimum Gasteiger partial charge on any atom is -0.488 e. The zero-order valence-corrected chi connectivity index (χ0v) is 21.7. The Hall–Kier alpha value is -2.70. The van der Waals surface area contributed by atoms with Crippen molar-refractivity contribution in [3.05, 3.63) is 63.9 Å². The predicted octanol–water partition coefficient (Wildman–Crippen LogP) is 2.92. The van der Waals surface area contributed by atoms with Gasteiger partial charge in [-0.05, 0) is 40.3 Å². The molecule has 35 heavy (non-hydrogen) atoms. The number of hydrogen-bond acceptors (Lipinski definition) is 8. The van der Waals surface area contributed by atoms with Crippen molar-refractivity contribution in [3.8, 4) is 5.75 Å². The number of hydrogen-bond donors (Lipinski definition) is 1. The SMILES string of the molecule is C=CCOOC(=O)C(C)C1C(=O)N2C(C(=O)OCC=C)=C(COc3cc(CO)ccc3I)[C@H](C)C12. The summed E-state index contributed by atoms with van der Waals surface area (Å²) < 4.78 is 12.1. The monoisotopic (exact) mass is 597 g/mol. The third-order valence-electron chi connectivity index (χ3n) is 6.12. The second-order valence-electron chi connectivity index (χ2n) is 8.25. The highest BCUT2D eigenvalue weighted by atomic mass is 127. The fourth-order valence-electron chi connectivity index (χ4n) is 4.32. The Labute approximate surface area is 217 Å². The summed E-state index contributed by atoms with van der Waals surface area (Å²) in [6.45, 7) is 10.4. The van der Waals surface area contributed by atoms with Gasteiger partial charge in [0, 0.05) is 11.5 Å². The maximum absolute atomic E-state index is 13.1. The number of amides is 1. The summed E-state index contributed by atoms with van der Waals surface area (Å²) in [6, 6.07) is 4.90.